The van der Waals surface area contributed by atoms with Gasteiger partial charge in [-0.1, -0.05) is 0 Å². The van der Waals surface area contributed by atoms with E-state index in [9.17, 15) is 18.0 Å². The summed E-state index contributed by atoms with van der Waals surface area (Å²) in [4.78, 5) is 24.0. The lowest BCUT2D eigenvalue weighted by Crippen LogP contribution is -2.40. The van der Waals surface area contributed by atoms with Gasteiger partial charge in [-0.3, -0.25) is 9.59 Å². The van der Waals surface area contributed by atoms with Gasteiger partial charge in [-0.05, 0) is 62.8 Å². The highest BCUT2D eigenvalue weighted by Crippen LogP contribution is 2.30. The number of hydrogen-bond acceptors (Lipinski definition) is 4. The maximum absolute atomic E-state index is 12.3. The molecule has 0 aliphatic heterocycles. The molecule has 2 aliphatic rings. The molecule has 0 atom stereocenters. The van der Waals surface area contributed by atoms with Crippen molar-refractivity contribution in [1.82, 2.24) is 5.32 Å². The first-order valence-corrected chi connectivity index (χ1v) is 10.7. The van der Waals surface area contributed by atoms with Crippen LogP contribution in [0.25, 0.3) is 0 Å². The molecule has 0 spiro atoms. The maximum atomic E-state index is 12.3. The Morgan fingerprint density at radius 1 is 0.960 bits per heavy atom. The Bertz CT molecular complexity index is 746. The van der Waals surface area contributed by atoms with Gasteiger partial charge in [0, 0.05) is 29.5 Å². The van der Waals surface area contributed by atoms with Crippen LogP contribution in [0.15, 0.2) is 24.3 Å². The third-order valence-corrected chi connectivity index (χ3v) is 6.66. The fraction of sp³-hybridized carbons (Fsp3) is 0.556. The Hall–Kier alpha value is -1.89. The number of carbonyl (C=O) groups excluding carboxylic acids is 2. The third kappa shape index (κ3) is 4.81. The largest absolute Gasteiger partial charge is 0.349 e. The van der Waals surface area contributed by atoms with Crippen LogP contribution >= 0.6 is 0 Å². The van der Waals surface area contributed by atoms with Crippen molar-refractivity contribution < 1.29 is 18.0 Å². The predicted octanol–water partition coefficient (Wildman–Crippen LogP) is 2.12. The highest BCUT2D eigenvalue weighted by molar-refractivity contribution is 7.91. The second kappa shape index (κ2) is 7.15. The monoisotopic (exact) mass is 364 g/mol. The molecule has 3 rings (SSSR count). The quantitative estimate of drug-likeness (QED) is 0.837. The van der Waals surface area contributed by atoms with Crippen LogP contribution in [-0.4, -0.2) is 37.8 Å². The van der Waals surface area contributed by atoms with Crippen molar-refractivity contribution >= 4 is 27.3 Å². The number of nitrogens with one attached hydrogen (secondary N) is 2. The standard InChI is InChI=1S/C18H24N2O4S/c1-25(23,24)16-10-8-15(9-11-16)20-18(22)13-4-6-14(7-5-13)19-17(21)12-2-3-12/h4-7,12,15-16H,2-3,8-11H2,1H3,(H,19,21)(H,20,22). The lowest BCUT2D eigenvalue weighted by atomic mass is 9.94. The fourth-order valence-electron chi connectivity index (χ4n) is 3.20. The topological polar surface area (TPSA) is 92.3 Å². The van der Waals surface area contributed by atoms with Crippen LogP contribution in [0, 0.1) is 5.92 Å². The van der Waals surface area contributed by atoms with Crippen LogP contribution in [-0.2, 0) is 14.6 Å². The van der Waals surface area contributed by atoms with E-state index in [0.29, 0.717) is 36.9 Å². The number of sulfone groups is 1. The summed E-state index contributed by atoms with van der Waals surface area (Å²) in [6.07, 6.45) is 5.73. The van der Waals surface area contributed by atoms with E-state index in [1.165, 1.54) is 6.26 Å². The number of rotatable bonds is 5. The van der Waals surface area contributed by atoms with Crippen molar-refractivity contribution in [3.05, 3.63) is 29.8 Å². The van der Waals surface area contributed by atoms with Gasteiger partial charge in [0.1, 0.15) is 9.84 Å². The van der Waals surface area contributed by atoms with Gasteiger partial charge >= 0.3 is 0 Å². The smallest absolute Gasteiger partial charge is 0.251 e. The number of hydrogen-bond donors (Lipinski definition) is 2. The van der Waals surface area contributed by atoms with Crippen molar-refractivity contribution in [2.45, 2.75) is 49.8 Å². The summed E-state index contributed by atoms with van der Waals surface area (Å²) >= 11 is 0. The fourth-order valence-corrected chi connectivity index (χ4v) is 4.33. The molecule has 2 N–H and O–H groups in total. The van der Waals surface area contributed by atoms with Gasteiger partial charge in [0.2, 0.25) is 5.91 Å². The van der Waals surface area contributed by atoms with Gasteiger partial charge in [-0.2, -0.15) is 0 Å². The number of carbonyl (C=O) groups is 2. The zero-order valence-corrected chi connectivity index (χ0v) is 15.1. The molecule has 0 unspecified atom stereocenters. The Morgan fingerprint density at radius 2 is 1.56 bits per heavy atom. The number of benzene rings is 1. The zero-order valence-electron chi connectivity index (χ0n) is 14.3. The summed E-state index contributed by atoms with van der Waals surface area (Å²) in [5, 5.41) is 5.53. The van der Waals surface area contributed by atoms with Crippen LogP contribution in [0.3, 0.4) is 0 Å². The van der Waals surface area contributed by atoms with E-state index in [0.717, 1.165) is 12.8 Å². The van der Waals surface area contributed by atoms with E-state index >= 15 is 0 Å². The molecule has 2 fully saturated rings. The van der Waals surface area contributed by atoms with Crippen molar-refractivity contribution in [3.63, 3.8) is 0 Å². The minimum atomic E-state index is -2.99. The summed E-state index contributed by atoms with van der Waals surface area (Å²) in [7, 11) is -2.99. The molecule has 0 radical (unpaired) electrons. The highest BCUT2D eigenvalue weighted by Gasteiger charge is 2.30. The van der Waals surface area contributed by atoms with Gasteiger partial charge in [-0.15, -0.1) is 0 Å². The maximum Gasteiger partial charge on any atom is 0.251 e. The summed E-state index contributed by atoms with van der Waals surface area (Å²) in [6, 6.07) is 6.87. The van der Waals surface area contributed by atoms with Crippen LogP contribution < -0.4 is 10.6 Å². The first-order chi connectivity index (χ1) is 11.8. The molecule has 25 heavy (non-hydrogen) atoms. The molecule has 136 valence electrons. The Kier molecular flexibility index (Phi) is 5.13. The molecule has 1 aromatic carbocycles. The molecule has 7 heteroatoms. The van der Waals surface area contributed by atoms with Crippen molar-refractivity contribution in [2.24, 2.45) is 5.92 Å². The zero-order chi connectivity index (χ0) is 18.0. The minimum Gasteiger partial charge on any atom is -0.349 e. The first kappa shape index (κ1) is 17.9. The van der Waals surface area contributed by atoms with Crippen LogP contribution in [0.5, 0.6) is 0 Å². The van der Waals surface area contributed by atoms with Crippen LogP contribution in [0.2, 0.25) is 0 Å². The molecule has 2 amide bonds. The molecular formula is C18H24N2O4S. The normalized spacial score (nSPS) is 23.7. The highest BCUT2D eigenvalue weighted by atomic mass is 32.2. The second-order valence-electron chi connectivity index (χ2n) is 7.12. The van der Waals surface area contributed by atoms with Gasteiger partial charge in [0.15, 0.2) is 0 Å². The van der Waals surface area contributed by atoms with E-state index < -0.39 is 9.84 Å². The molecule has 0 heterocycles. The molecule has 2 aliphatic carbocycles. The Morgan fingerprint density at radius 3 is 2.08 bits per heavy atom. The average molecular weight is 364 g/mol. The van der Waals surface area contributed by atoms with E-state index in [1.54, 1.807) is 24.3 Å². The minimum absolute atomic E-state index is 0.0137. The van der Waals surface area contributed by atoms with E-state index in [1.807, 2.05) is 0 Å². The van der Waals surface area contributed by atoms with E-state index in [-0.39, 0.29) is 29.0 Å². The lowest BCUT2D eigenvalue weighted by molar-refractivity contribution is -0.117. The van der Waals surface area contributed by atoms with Crippen LogP contribution in [0.1, 0.15) is 48.9 Å². The Balaban J connectivity index is 1.50. The molecular weight excluding hydrogens is 340 g/mol. The first-order valence-electron chi connectivity index (χ1n) is 8.73. The van der Waals surface area contributed by atoms with Gasteiger partial charge in [0.25, 0.3) is 5.91 Å². The molecule has 2 saturated carbocycles. The van der Waals surface area contributed by atoms with Crippen LogP contribution in [0.4, 0.5) is 5.69 Å². The Labute approximate surface area is 148 Å². The number of anilines is 1. The molecule has 0 saturated heterocycles. The third-order valence-electron chi connectivity index (χ3n) is 4.98. The van der Waals surface area contributed by atoms with Crippen molar-refractivity contribution in [1.29, 1.82) is 0 Å². The van der Waals surface area contributed by atoms with E-state index in [4.69, 9.17) is 0 Å². The van der Waals surface area contributed by atoms with E-state index in [2.05, 4.69) is 10.6 Å². The lowest BCUT2D eigenvalue weighted by Gasteiger charge is -2.28. The summed E-state index contributed by atoms with van der Waals surface area (Å²) in [6.45, 7) is 0. The van der Waals surface area contributed by atoms with Crippen molar-refractivity contribution in [3.8, 4) is 0 Å². The number of amides is 2. The summed E-state index contributed by atoms with van der Waals surface area (Å²) < 4.78 is 23.1. The average Bonchev–Trinajstić information content (AvgIpc) is 3.40. The van der Waals surface area contributed by atoms with Gasteiger partial charge < -0.3 is 10.6 Å². The summed E-state index contributed by atoms with van der Waals surface area (Å²) in [5.74, 6) is 0.0211. The SMILES string of the molecule is CS(=O)(=O)C1CCC(NC(=O)c2ccc(NC(=O)C3CC3)cc2)CC1. The molecule has 0 aromatic heterocycles. The molecule has 6 nitrogen and oxygen atoms in total. The summed E-state index contributed by atoms with van der Waals surface area (Å²) in [5.41, 5.74) is 1.23. The van der Waals surface area contributed by atoms with Gasteiger partial charge in [-0.25, -0.2) is 8.42 Å². The second-order valence-corrected chi connectivity index (χ2v) is 9.44. The van der Waals surface area contributed by atoms with Gasteiger partial charge in [0.05, 0.1) is 5.25 Å². The van der Waals surface area contributed by atoms with Crippen molar-refractivity contribution in [2.75, 3.05) is 11.6 Å². The molecule has 1 aromatic rings. The predicted molar refractivity (Wildman–Crippen MR) is 96.1 cm³/mol. The molecule has 0 bridgehead atoms.